The summed E-state index contributed by atoms with van der Waals surface area (Å²) in [6.45, 7) is 3.09. The molecule has 1 atom stereocenters. The number of unbranched alkanes of at least 4 members (excludes halogenated alkanes) is 1. The molecule has 1 saturated carbocycles. The van der Waals surface area contributed by atoms with Gasteiger partial charge in [-0.05, 0) is 69.1 Å². The SMILES string of the molecule is Cc1ccc([C@]2(CCCCc3cncc(Cl)c3)CCOC3(CCCC3)C2)cc1. The number of hydrogen-bond acceptors (Lipinski definition) is 2. The molecule has 2 nitrogen and oxygen atoms in total. The fourth-order valence-corrected chi connectivity index (χ4v) is 5.65. The van der Waals surface area contributed by atoms with E-state index < -0.39 is 0 Å². The molecule has 0 N–H and O–H groups in total. The van der Waals surface area contributed by atoms with Gasteiger partial charge in [0.1, 0.15) is 0 Å². The van der Waals surface area contributed by atoms with Gasteiger partial charge in [-0.2, -0.15) is 0 Å². The van der Waals surface area contributed by atoms with Gasteiger partial charge in [-0.25, -0.2) is 0 Å². The molecule has 0 unspecified atom stereocenters. The number of nitrogens with zero attached hydrogens (tertiary/aromatic N) is 1. The summed E-state index contributed by atoms with van der Waals surface area (Å²) >= 11 is 6.09. The highest BCUT2D eigenvalue weighted by molar-refractivity contribution is 6.30. The number of hydrogen-bond donors (Lipinski definition) is 0. The van der Waals surface area contributed by atoms with Crippen molar-refractivity contribution in [2.45, 2.75) is 82.1 Å². The van der Waals surface area contributed by atoms with Crippen LogP contribution < -0.4 is 0 Å². The van der Waals surface area contributed by atoms with Gasteiger partial charge >= 0.3 is 0 Å². The first kappa shape index (κ1) is 19.9. The van der Waals surface area contributed by atoms with E-state index in [2.05, 4.69) is 36.2 Å². The number of pyridine rings is 1. The van der Waals surface area contributed by atoms with E-state index in [9.17, 15) is 0 Å². The van der Waals surface area contributed by atoms with Crippen LogP contribution in [0.25, 0.3) is 0 Å². The molecule has 1 aromatic carbocycles. The molecule has 1 saturated heterocycles. The van der Waals surface area contributed by atoms with Crippen molar-refractivity contribution in [2.24, 2.45) is 0 Å². The molecule has 28 heavy (non-hydrogen) atoms. The first-order valence-electron chi connectivity index (χ1n) is 10.9. The monoisotopic (exact) mass is 397 g/mol. The van der Waals surface area contributed by atoms with Crippen LogP contribution in [0.5, 0.6) is 0 Å². The Labute approximate surface area is 174 Å². The van der Waals surface area contributed by atoms with Gasteiger partial charge in [0, 0.05) is 24.4 Å². The second-order valence-electron chi connectivity index (χ2n) is 9.03. The molecule has 1 aromatic heterocycles. The predicted molar refractivity (Wildman–Crippen MR) is 116 cm³/mol. The van der Waals surface area contributed by atoms with Crippen molar-refractivity contribution in [2.75, 3.05) is 6.61 Å². The third-order valence-electron chi connectivity index (χ3n) is 6.96. The van der Waals surface area contributed by atoms with E-state index in [0.717, 1.165) is 24.5 Å². The number of aryl methyl sites for hydroxylation is 2. The summed E-state index contributed by atoms with van der Waals surface area (Å²) in [5.74, 6) is 0. The average Bonchev–Trinajstić information content (AvgIpc) is 3.13. The lowest BCUT2D eigenvalue weighted by atomic mass is 9.65. The number of aromatic nitrogens is 1. The Kier molecular flexibility index (Phi) is 6.08. The van der Waals surface area contributed by atoms with Gasteiger partial charge in [-0.15, -0.1) is 0 Å². The number of benzene rings is 1. The third kappa shape index (κ3) is 4.44. The van der Waals surface area contributed by atoms with E-state index in [-0.39, 0.29) is 11.0 Å². The Balaban J connectivity index is 1.47. The van der Waals surface area contributed by atoms with Gasteiger partial charge in [0.2, 0.25) is 0 Å². The highest BCUT2D eigenvalue weighted by Crippen LogP contribution is 2.50. The fourth-order valence-electron chi connectivity index (χ4n) is 5.46. The van der Waals surface area contributed by atoms with Crippen molar-refractivity contribution in [3.05, 3.63) is 64.4 Å². The van der Waals surface area contributed by atoms with Gasteiger partial charge in [-0.1, -0.05) is 60.7 Å². The molecule has 4 rings (SSSR count). The summed E-state index contributed by atoms with van der Waals surface area (Å²) in [6.07, 6.45) is 15.9. The van der Waals surface area contributed by atoms with Crippen molar-refractivity contribution in [3.63, 3.8) is 0 Å². The van der Waals surface area contributed by atoms with Crippen LogP contribution in [0.15, 0.2) is 42.7 Å². The van der Waals surface area contributed by atoms with Gasteiger partial charge in [0.15, 0.2) is 0 Å². The molecular weight excluding hydrogens is 366 g/mol. The van der Waals surface area contributed by atoms with Gasteiger partial charge in [-0.3, -0.25) is 4.98 Å². The first-order chi connectivity index (χ1) is 13.6. The minimum atomic E-state index is 0.139. The lowest BCUT2D eigenvalue weighted by Gasteiger charge is -2.47. The molecule has 1 aliphatic carbocycles. The van der Waals surface area contributed by atoms with E-state index in [1.807, 2.05) is 12.3 Å². The maximum atomic E-state index is 6.39. The van der Waals surface area contributed by atoms with Gasteiger partial charge < -0.3 is 4.74 Å². The van der Waals surface area contributed by atoms with Crippen LogP contribution in [0.3, 0.4) is 0 Å². The quantitative estimate of drug-likeness (QED) is 0.499. The Bertz CT molecular complexity index is 781. The van der Waals surface area contributed by atoms with Crippen molar-refractivity contribution in [1.29, 1.82) is 0 Å². The highest BCUT2D eigenvalue weighted by atomic mass is 35.5. The minimum Gasteiger partial charge on any atom is -0.375 e. The summed E-state index contributed by atoms with van der Waals surface area (Å²) in [6, 6.07) is 11.4. The van der Waals surface area contributed by atoms with E-state index in [0.29, 0.717) is 0 Å². The van der Waals surface area contributed by atoms with Crippen LogP contribution in [0.2, 0.25) is 5.02 Å². The van der Waals surface area contributed by atoms with Crippen LogP contribution in [0, 0.1) is 6.92 Å². The van der Waals surface area contributed by atoms with Crippen molar-refractivity contribution < 1.29 is 4.74 Å². The summed E-state index contributed by atoms with van der Waals surface area (Å²) in [5.41, 5.74) is 4.52. The van der Waals surface area contributed by atoms with Gasteiger partial charge in [0.05, 0.1) is 10.6 Å². The van der Waals surface area contributed by atoms with E-state index in [1.54, 1.807) is 6.20 Å². The molecule has 1 aliphatic heterocycles. The molecule has 0 amide bonds. The molecule has 1 spiro atoms. The maximum absolute atomic E-state index is 6.39. The fraction of sp³-hybridized carbons (Fsp3) is 0.560. The largest absolute Gasteiger partial charge is 0.375 e. The van der Waals surface area contributed by atoms with Crippen molar-refractivity contribution >= 4 is 11.6 Å². The summed E-state index contributed by atoms with van der Waals surface area (Å²) < 4.78 is 6.39. The van der Waals surface area contributed by atoms with Crippen molar-refractivity contribution in [3.8, 4) is 0 Å². The molecule has 2 heterocycles. The lowest BCUT2D eigenvalue weighted by molar-refractivity contribution is -0.104. The molecule has 2 fully saturated rings. The Morgan fingerprint density at radius 1 is 1.04 bits per heavy atom. The molecule has 150 valence electrons. The summed E-state index contributed by atoms with van der Waals surface area (Å²) in [4.78, 5) is 4.22. The van der Waals surface area contributed by atoms with Crippen molar-refractivity contribution in [1.82, 2.24) is 4.98 Å². The number of rotatable bonds is 6. The van der Waals surface area contributed by atoms with E-state index in [1.165, 1.54) is 68.1 Å². The second-order valence-corrected chi connectivity index (χ2v) is 9.47. The second kappa shape index (κ2) is 8.55. The molecule has 2 aromatic rings. The zero-order chi connectivity index (χ0) is 19.5. The van der Waals surface area contributed by atoms with E-state index >= 15 is 0 Å². The van der Waals surface area contributed by atoms with Crippen LogP contribution >= 0.6 is 11.6 Å². The van der Waals surface area contributed by atoms with Crippen LogP contribution in [-0.4, -0.2) is 17.2 Å². The van der Waals surface area contributed by atoms with Crippen LogP contribution in [0.4, 0.5) is 0 Å². The zero-order valence-corrected chi connectivity index (χ0v) is 17.8. The van der Waals surface area contributed by atoms with E-state index in [4.69, 9.17) is 16.3 Å². The maximum Gasteiger partial charge on any atom is 0.0691 e. The lowest BCUT2D eigenvalue weighted by Crippen LogP contribution is -2.46. The number of ether oxygens (including phenoxy) is 1. The Morgan fingerprint density at radius 2 is 1.82 bits per heavy atom. The normalized spacial score (nSPS) is 23.9. The third-order valence-corrected chi connectivity index (χ3v) is 7.17. The summed E-state index contributed by atoms with van der Waals surface area (Å²) in [7, 11) is 0. The zero-order valence-electron chi connectivity index (χ0n) is 17.1. The predicted octanol–water partition coefficient (Wildman–Crippen LogP) is 6.82. The Hall–Kier alpha value is -1.38. The van der Waals surface area contributed by atoms with Crippen LogP contribution in [-0.2, 0) is 16.6 Å². The van der Waals surface area contributed by atoms with Gasteiger partial charge in [0.25, 0.3) is 0 Å². The van der Waals surface area contributed by atoms with Crippen LogP contribution in [0.1, 0.15) is 74.5 Å². The molecule has 3 heteroatoms. The standard InChI is InChI=1S/C25H32ClNO/c1-20-7-9-22(10-8-20)24(14-15-28-25(19-24)12-4-5-13-25)11-3-2-6-21-16-23(26)18-27-17-21/h7-10,16-18H,2-6,11-15,19H2,1H3/t24-/m1/s1. The molecule has 0 radical (unpaired) electrons. The average molecular weight is 398 g/mol. The highest BCUT2D eigenvalue weighted by Gasteiger charge is 2.47. The Morgan fingerprint density at radius 3 is 2.57 bits per heavy atom. The first-order valence-corrected chi connectivity index (χ1v) is 11.3. The minimum absolute atomic E-state index is 0.139. The smallest absolute Gasteiger partial charge is 0.0691 e. The number of halogens is 1. The summed E-state index contributed by atoms with van der Waals surface area (Å²) in [5, 5.41) is 0.737. The molecule has 2 aliphatic rings. The topological polar surface area (TPSA) is 22.1 Å². The molecular formula is C25H32ClNO. The molecule has 0 bridgehead atoms.